The zero-order valence-corrected chi connectivity index (χ0v) is 19.7. The Bertz CT molecular complexity index is 1190. The Labute approximate surface area is 199 Å². The normalized spacial score (nSPS) is 22.5. The summed E-state index contributed by atoms with van der Waals surface area (Å²) in [6, 6.07) is 15.1. The summed E-state index contributed by atoms with van der Waals surface area (Å²) in [6.07, 6.45) is 3.75. The van der Waals surface area contributed by atoms with Crippen LogP contribution in [0.5, 0.6) is 0 Å². The SMILES string of the molecule is CC(C)=CCn1nc(C(=O)NC2CC3COCC(C2)N3Cc2ccc(F)cc2)c2ccccc21. The maximum absolute atomic E-state index is 13.3. The number of piperidine rings is 1. The number of allylic oxidation sites excluding steroid dienone is 2. The number of amides is 1. The van der Waals surface area contributed by atoms with Crippen LogP contribution in [0.15, 0.2) is 60.2 Å². The number of aromatic nitrogens is 2. The molecule has 0 aliphatic carbocycles. The van der Waals surface area contributed by atoms with Crippen LogP contribution in [0.2, 0.25) is 0 Å². The van der Waals surface area contributed by atoms with Gasteiger partial charge in [-0.25, -0.2) is 4.39 Å². The third-order valence-corrected chi connectivity index (χ3v) is 6.83. The number of nitrogens with zero attached hydrogens (tertiary/aromatic N) is 3. The molecule has 2 unspecified atom stereocenters. The molecule has 0 spiro atoms. The molecule has 2 aliphatic rings. The van der Waals surface area contributed by atoms with E-state index in [0.29, 0.717) is 25.5 Å². The summed E-state index contributed by atoms with van der Waals surface area (Å²) >= 11 is 0. The number of hydrogen-bond acceptors (Lipinski definition) is 4. The maximum atomic E-state index is 13.3. The molecule has 2 aliphatic heterocycles. The van der Waals surface area contributed by atoms with E-state index in [2.05, 4.69) is 35.2 Å². The van der Waals surface area contributed by atoms with Gasteiger partial charge in [-0.15, -0.1) is 0 Å². The maximum Gasteiger partial charge on any atom is 0.272 e. The molecule has 0 radical (unpaired) electrons. The number of benzene rings is 2. The number of fused-ring (bicyclic) bond motifs is 3. The third-order valence-electron chi connectivity index (χ3n) is 6.83. The van der Waals surface area contributed by atoms with Gasteiger partial charge >= 0.3 is 0 Å². The number of nitrogens with one attached hydrogen (secondary N) is 1. The molecule has 1 amide bonds. The predicted molar refractivity (Wildman–Crippen MR) is 130 cm³/mol. The molecule has 178 valence electrons. The van der Waals surface area contributed by atoms with Gasteiger partial charge in [0, 0.05) is 30.1 Å². The van der Waals surface area contributed by atoms with E-state index in [1.165, 1.54) is 17.7 Å². The van der Waals surface area contributed by atoms with E-state index in [9.17, 15) is 9.18 Å². The zero-order valence-electron chi connectivity index (χ0n) is 19.7. The topological polar surface area (TPSA) is 59.4 Å². The second-order valence-electron chi connectivity index (χ2n) is 9.62. The molecule has 0 saturated carbocycles. The molecule has 3 heterocycles. The Hall–Kier alpha value is -3.03. The van der Waals surface area contributed by atoms with E-state index in [-0.39, 0.29) is 29.8 Å². The van der Waals surface area contributed by atoms with Gasteiger partial charge in [-0.2, -0.15) is 5.10 Å². The van der Waals surface area contributed by atoms with Gasteiger partial charge in [-0.05, 0) is 50.5 Å². The molecule has 2 atom stereocenters. The highest BCUT2D eigenvalue weighted by Crippen LogP contribution is 2.30. The van der Waals surface area contributed by atoms with Gasteiger partial charge in [0.05, 0.1) is 25.3 Å². The average Bonchev–Trinajstić information content (AvgIpc) is 3.18. The van der Waals surface area contributed by atoms with E-state index in [4.69, 9.17) is 4.74 Å². The van der Waals surface area contributed by atoms with Crippen LogP contribution in [0.1, 0.15) is 42.7 Å². The number of para-hydroxylation sites is 1. The second kappa shape index (κ2) is 9.68. The molecule has 2 aromatic carbocycles. The Balaban J connectivity index is 1.30. The summed E-state index contributed by atoms with van der Waals surface area (Å²) in [5, 5.41) is 8.81. The highest BCUT2D eigenvalue weighted by atomic mass is 19.1. The van der Waals surface area contributed by atoms with Crippen LogP contribution in [0.4, 0.5) is 4.39 Å². The van der Waals surface area contributed by atoms with Gasteiger partial charge in [0.25, 0.3) is 5.91 Å². The van der Waals surface area contributed by atoms with E-state index >= 15 is 0 Å². The van der Waals surface area contributed by atoms with E-state index in [1.54, 1.807) is 0 Å². The fourth-order valence-electron chi connectivity index (χ4n) is 5.12. The molecule has 1 N–H and O–H groups in total. The van der Waals surface area contributed by atoms with Crippen molar-refractivity contribution < 1.29 is 13.9 Å². The summed E-state index contributed by atoms with van der Waals surface area (Å²) in [7, 11) is 0. The van der Waals surface area contributed by atoms with Gasteiger partial charge in [0.15, 0.2) is 5.69 Å². The molecule has 2 fully saturated rings. The molecule has 7 heteroatoms. The molecular formula is C27H31FN4O2. The van der Waals surface area contributed by atoms with Crippen LogP contribution in [-0.2, 0) is 17.8 Å². The molecule has 6 nitrogen and oxygen atoms in total. The number of carbonyl (C=O) groups is 1. The summed E-state index contributed by atoms with van der Waals surface area (Å²) < 4.78 is 21.0. The van der Waals surface area contributed by atoms with Gasteiger partial charge in [0.1, 0.15) is 5.82 Å². The summed E-state index contributed by atoms with van der Waals surface area (Å²) in [5.41, 5.74) is 3.75. The summed E-state index contributed by atoms with van der Waals surface area (Å²) in [4.78, 5) is 15.8. The van der Waals surface area contributed by atoms with Gasteiger partial charge in [-0.1, -0.05) is 42.0 Å². The monoisotopic (exact) mass is 462 g/mol. The van der Waals surface area contributed by atoms with Crippen LogP contribution in [0.25, 0.3) is 10.9 Å². The van der Waals surface area contributed by atoms with Gasteiger partial charge in [0.2, 0.25) is 0 Å². The fourth-order valence-corrected chi connectivity index (χ4v) is 5.12. The lowest BCUT2D eigenvalue weighted by molar-refractivity contribution is -0.0843. The van der Waals surface area contributed by atoms with Crippen molar-refractivity contribution in [2.24, 2.45) is 0 Å². The summed E-state index contributed by atoms with van der Waals surface area (Å²) in [5.74, 6) is -0.340. The number of halogens is 1. The van der Waals surface area contributed by atoms with Gasteiger partial charge in [-0.3, -0.25) is 14.4 Å². The molecule has 5 rings (SSSR count). The minimum atomic E-state index is -0.218. The lowest BCUT2D eigenvalue weighted by Gasteiger charge is -2.48. The second-order valence-corrected chi connectivity index (χ2v) is 9.62. The standard InChI is InChI=1S/C27H31FN4O2/c1-18(2)11-12-32-25-6-4-3-5-24(25)26(30-32)27(33)29-21-13-22-16-34-17-23(14-21)31(22)15-19-7-9-20(28)10-8-19/h3-11,21-23H,12-17H2,1-2H3,(H,29,33). The smallest absolute Gasteiger partial charge is 0.272 e. The van der Waals surface area contributed by atoms with Crippen LogP contribution in [-0.4, -0.2) is 51.9 Å². The zero-order chi connectivity index (χ0) is 23.7. The number of carbonyl (C=O) groups excluding carboxylic acids is 1. The Morgan fingerprint density at radius 1 is 1.12 bits per heavy atom. The lowest BCUT2D eigenvalue weighted by atomic mass is 9.89. The van der Waals surface area contributed by atoms with Crippen molar-refractivity contribution in [2.75, 3.05) is 13.2 Å². The van der Waals surface area contributed by atoms with E-state index in [1.807, 2.05) is 41.1 Å². The summed E-state index contributed by atoms with van der Waals surface area (Å²) in [6.45, 7) is 6.80. The molecule has 3 aromatic rings. The third kappa shape index (κ3) is 4.76. The van der Waals surface area contributed by atoms with E-state index in [0.717, 1.165) is 35.9 Å². The van der Waals surface area contributed by atoms with Crippen molar-refractivity contribution in [2.45, 2.75) is 57.9 Å². The van der Waals surface area contributed by atoms with Crippen LogP contribution in [0.3, 0.4) is 0 Å². The van der Waals surface area contributed by atoms with Crippen molar-refractivity contribution in [3.8, 4) is 0 Å². The predicted octanol–water partition coefficient (Wildman–Crippen LogP) is 4.30. The highest BCUT2D eigenvalue weighted by Gasteiger charge is 2.39. The largest absolute Gasteiger partial charge is 0.378 e. The molecular weight excluding hydrogens is 431 g/mol. The minimum Gasteiger partial charge on any atom is -0.378 e. The van der Waals surface area contributed by atoms with Crippen molar-refractivity contribution in [1.82, 2.24) is 20.0 Å². The number of ether oxygens (including phenoxy) is 1. The first-order valence-electron chi connectivity index (χ1n) is 12.0. The van der Waals surface area contributed by atoms with Gasteiger partial charge < -0.3 is 10.1 Å². The number of hydrogen-bond donors (Lipinski definition) is 1. The van der Waals surface area contributed by atoms with E-state index < -0.39 is 0 Å². The molecule has 34 heavy (non-hydrogen) atoms. The molecule has 1 aromatic heterocycles. The average molecular weight is 463 g/mol. The van der Waals surface area contributed by atoms with Crippen LogP contribution < -0.4 is 5.32 Å². The molecule has 2 saturated heterocycles. The van der Waals surface area contributed by atoms with Crippen LogP contribution >= 0.6 is 0 Å². The number of morpholine rings is 1. The van der Waals surface area contributed by atoms with Crippen molar-refractivity contribution >= 4 is 16.8 Å². The van der Waals surface area contributed by atoms with Crippen LogP contribution in [0, 0.1) is 5.82 Å². The minimum absolute atomic E-state index is 0.0672. The molecule has 2 bridgehead atoms. The first-order chi connectivity index (χ1) is 16.5. The Morgan fingerprint density at radius 3 is 2.53 bits per heavy atom. The van der Waals surface area contributed by atoms with Crippen molar-refractivity contribution in [3.05, 3.63) is 77.3 Å². The Kier molecular flexibility index (Phi) is 6.48. The Morgan fingerprint density at radius 2 is 1.82 bits per heavy atom. The first kappa shape index (κ1) is 22.7. The van der Waals surface area contributed by atoms with Crippen molar-refractivity contribution in [3.63, 3.8) is 0 Å². The quantitative estimate of drug-likeness (QED) is 0.555. The highest BCUT2D eigenvalue weighted by molar-refractivity contribution is 6.05. The first-order valence-corrected chi connectivity index (χ1v) is 12.0. The van der Waals surface area contributed by atoms with Crippen molar-refractivity contribution in [1.29, 1.82) is 0 Å². The fraction of sp³-hybridized carbons (Fsp3) is 0.407. The lowest BCUT2D eigenvalue weighted by Crippen LogP contribution is -2.60. The number of rotatable bonds is 6.